The lowest BCUT2D eigenvalue weighted by molar-refractivity contribution is -0.0681. The number of nitrogens with zero attached hydrogens (tertiary/aromatic N) is 1. The second-order valence-electron chi connectivity index (χ2n) is 6.42. The number of sulfone groups is 1. The standard InChI is InChI=1S/C17H28N2O3S/c1-14-12-19(13-15(2)22-14)11-7-6-10-18-16-8-4-5-9-17(16)23(3,20)21/h4-5,8-9,14-15,18H,6-7,10-13H2,1-3H3/t14-,15-/m0/s1. The summed E-state index contributed by atoms with van der Waals surface area (Å²) in [6, 6.07) is 7.08. The molecule has 1 N–H and O–H groups in total. The second-order valence-corrected chi connectivity index (χ2v) is 8.40. The molecule has 1 saturated heterocycles. The van der Waals surface area contributed by atoms with Crippen LogP contribution in [0.1, 0.15) is 26.7 Å². The fraction of sp³-hybridized carbons (Fsp3) is 0.647. The Labute approximate surface area is 139 Å². The van der Waals surface area contributed by atoms with Crippen LogP contribution in [0.25, 0.3) is 0 Å². The molecule has 0 aromatic heterocycles. The number of hydrogen-bond donors (Lipinski definition) is 1. The maximum absolute atomic E-state index is 11.8. The van der Waals surface area contributed by atoms with Gasteiger partial charge in [-0.3, -0.25) is 4.90 Å². The van der Waals surface area contributed by atoms with Gasteiger partial charge < -0.3 is 10.1 Å². The number of rotatable bonds is 7. The van der Waals surface area contributed by atoms with E-state index < -0.39 is 9.84 Å². The highest BCUT2D eigenvalue weighted by Crippen LogP contribution is 2.20. The van der Waals surface area contributed by atoms with E-state index in [-0.39, 0.29) is 0 Å². The Morgan fingerprint density at radius 3 is 2.48 bits per heavy atom. The highest BCUT2D eigenvalue weighted by Gasteiger charge is 2.21. The minimum absolute atomic E-state index is 0.304. The van der Waals surface area contributed by atoms with Crippen LogP contribution in [0, 0.1) is 0 Å². The number of benzene rings is 1. The van der Waals surface area contributed by atoms with Gasteiger partial charge in [0.05, 0.1) is 22.8 Å². The Kier molecular flexibility index (Phi) is 6.44. The molecule has 23 heavy (non-hydrogen) atoms. The van der Waals surface area contributed by atoms with Crippen molar-refractivity contribution in [3.05, 3.63) is 24.3 Å². The van der Waals surface area contributed by atoms with Gasteiger partial charge in [0.25, 0.3) is 0 Å². The molecule has 0 radical (unpaired) electrons. The minimum Gasteiger partial charge on any atom is -0.384 e. The Morgan fingerprint density at radius 1 is 1.17 bits per heavy atom. The van der Waals surface area contributed by atoms with E-state index in [9.17, 15) is 8.42 Å². The summed E-state index contributed by atoms with van der Waals surface area (Å²) in [5, 5.41) is 3.25. The topological polar surface area (TPSA) is 58.6 Å². The highest BCUT2D eigenvalue weighted by atomic mass is 32.2. The predicted octanol–water partition coefficient (Wildman–Crippen LogP) is 2.39. The fourth-order valence-electron chi connectivity index (χ4n) is 3.09. The Hall–Kier alpha value is -1.11. The molecule has 1 heterocycles. The van der Waals surface area contributed by atoms with E-state index in [0.29, 0.717) is 22.8 Å². The molecule has 130 valence electrons. The SMILES string of the molecule is C[C@H]1CN(CCCCNc2ccccc2S(C)(=O)=O)C[C@H](C)O1. The van der Waals surface area contributed by atoms with Crippen LogP contribution >= 0.6 is 0 Å². The summed E-state index contributed by atoms with van der Waals surface area (Å²) < 4.78 is 29.2. The van der Waals surface area contributed by atoms with Crippen LogP contribution in [0.5, 0.6) is 0 Å². The van der Waals surface area contributed by atoms with Crippen LogP contribution in [-0.2, 0) is 14.6 Å². The van der Waals surface area contributed by atoms with Gasteiger partial charge in [-0.2, -0.15) is 0 Å². The van der Waals surface area contributed by atoms with Gasteiger partial charge in [0.2, 0.25) is 0 Å². The molecule has 0 unspecified atom stereocenters. The fourth-order valence-corrected chi connectivity index (χ4v) is 3.95. The molecule has 0 amide bonds. The predicted molar refractivity (Wildman–Crippen MR) is 93.7 cm³/mol. The molecule has 1 aliphatic heterocycles. The average molecular weight is 340 g/mol. The van der Waals surface area contributed by atoms with E-state index in [4.69, 9.17) is 4.74 Å². The van der Waals surface area contributed by atoms with Gasteiger partial charge in [0.1, 0.15) is 0 Å². The molecule has 1 fully saturated rings. The average Bonchev–Trinajstić information content (AvgIpc) is 2.45. The van der Waals surface area contributed by atoms with Crippen molar-refractivity contribution in [1.29, 1.82) is 0 Å². The van der Waals surface area contributed by atoms with Crippen molar-refractivity contribution >= 4 is 15.5 Å². The lowest BCUT2D eigenvalue weighted by Gasteiger charge is -2.35. The van der Waals surface area contributed by atoms with E-state index in [2.05, 4.69) is 24.1 Å². The molecule has 0 bridgehead atoms. The summed E-state index contributed by atoms with van der Waals surface area (Å²) >= 11 is 0. The molecule has 5 nitrogen and oxygen atoms in total. The molecule has 6 heteroatoms. The van der Waals surface area contributed by atoms with Gasteiger partial charge >= 0.3 is 0 Å². The van der Waals surface area contributed by atoms with Crippen molar-refractivity contribution in [3.8, 4) is 0 Å². The number of hydrogen-bond acceptors (Lipinski definition) is 5. The number of para-hydroxylation sites is 1. The first-order valence-electron chi connectivity index (χ1n) is 8.27. The number of ether oxygens (including phenoxy) is 1. The number of anilines is 1. The summed E-state index contributed by atoms with van der Waals surface area (Å²) in [5.41, 5.74) is 0.698. The first kappa shape index (κ1) is 18.2. The molecule has 0 spiro atoms. The van der Waals surface area contributed by atoms with Gasteiger partial charge in [-0.05, 0) is 45.4 Å². The summed E-state index contributed by atoms with van der Waals surface area (Å²) in [4.78, 5) is 2.82. The van der Waals surface area contributed by atoms with Crippen LogP contribution in [0.15, 0.2) is 29.2 Å². The van der Waals surface area contributed by atoms with Crippen molar-refractivity contribution in [2.45, 2.75) is 43.8 Å². The lowest BCUT2D eigenvalue weighted by atomic mass is 10.2. The summed E-state index contributed by atoms with van der Waals surface area (Å²) in [6.45, 7) is 8.07. The van der Waals surface area contributed by atoms with Gasteiger partial charge in [-0.25, -0.2) is 8.42 Å². The van der Waals surface area contributed by atoms with Crippen molar-refractivity contribution in [3.63, 3.8) is 0 Å². The molecular formula is C17H28N2O3S. The van der Waals surface area contributed by atoms with Crippen molar-refractivity contribution < 1.29 is 13.2 Å². The van der Waals surface area contributed by atoms with Gasteiger partial charge in [0, 0.05) is 25.9 Å². The van der Waals surface area contributed by atoms with Crippen molar-refractivity contribution in [2.75, 3.05) is 37.8 Å². The first-order chi connectivity index (χ1) is 10.9. The molecule has 0 aliphatic carbocycles. The van der Waals surface area contributed by atoms with E-state index in [1.165, 1.54) is 6.26 Å². The van der Waals surface area contributed by atoms with Crippen LogP contribution in [0.2, 0.25) is 0 Å². The largest absolute Gasteiger partial charge is 0.384 e. The number of unbranched alkanes of at least 4 members (excludes halogenated alkanes) is 1. The molecule has 2 atom stereocenters. The van der Waals surface area contributed by atoms with Gasteiger partial charge in [0.15, 0.2) is 9.84 Å². The highest BCUT2D eigenvalue weighted by molar-refractivity contribution is 7.90. The third-order valence-corrected chi connectivity index (χ3v) is 5.15. The summed E-state index contributed by atoms with van der Waals surface area (Å²) in [5.74, 6) is 0. The van der Waals surface area contributed by atoms with Gasteiger partial charge in [-0.1, -0.05) is 12.1 Å². The molecule has 1 aromatic rings. The van der Waals surface area contributed by atoms with Gasteiger partial charge in [-0.15, -0.1) is 0 Å². The Balaban J connectivity index is 1.74. The lowest BCUT2D eigenvalue weighted by Crippen LogP contribution is -2.45. The maximum Gasteiger partial charge on any atom is 0.177 e. The summed E-state index contributed by atoms with van der Waals surface area (Å²) in [7, 11) is -3.19. The monoisotopic (exact) mass is 340 g/mol. The molecule has 0 saturated carbocycles. The molecule has 1 aliphatic rings. The quantitative estimate of drug-likeness (QED) is 0.773. The smallest absolute Gasteiger partial charge is 0.177 e. The third kappa shape index (κ3) is 5.79. The maximum atomic E-state index is 11.8. The van der Waals surface area contributed by atoms with E-state index in [0.717, 1.165) is 39.0 Å². The van der Waals surface area contributed by atoms with Crippen LogP contribution < -0.4 is 5.32 Å². The summed E-state index contributed by atoms with van der Waals surface area (Å²) in [6.07, 6.45) is 3.96. The van der Waals surface area contributed by atoms with E-state index in [1.54, 1.807) is 12.1 Å². The minimum atomic E-state index is -3.19. The second kappa shape index (κ2) is 8.13. The van der Waals surface area contributed by atoms with E-state index in [1.807, 2.05) is 12.1 Å². The van der Waals surface area contributed by atoms with Crippen LogP contribution in [-0.4, -0.2) is 58.0 Å². The van der Waals surface area contributed by atoms with Crippen LogP contribution in [0.3, 0.4) is 0 Å². The first-order valence-corrected chi connectivity index (χ1v) is 10.2. The molecule has 2 rings (SSSR count). The molecule has 1 aromatic carbocycles. The Morgan fingerprint density at radius 2 is 1.83 bits per heavy atom. The number of morpholine rings is 1. The number of nitrogens with one attached hydrogen (secondary N) is 1. The van der Waals surface area contributed by atoms with Crippen molar-refractivity contribution in [2.24, 2.45) is 0 Å². The molecular weight excluding hydrogens is 312 g/mol. The zero-order chi connectivity index (χ0) is 16.9. The van der Waals surface area contributed by atoms with Crippen molar-refractivity contribution in [1.82, 2.24) is 4.90 Å². The third-order valence-electron chi connectivity index (χ3n) is 4.00. The van der Waals surface area contributed by atoms with E-state index >= 15 is 0 Å². The zero-order valence-corrected chi connectivity index (χ0v) is 15.1. The Bertz CT molecular complexity index is 594. The van der Waals surface area contributed by atoms with Crippen LogP contribution in [0.4, 0.5) is 5.69 Å². The normalized spacial score (nSPS) is 22.9. The zero-order valence-electron chi connectivity index (χ0n) is 14.3.